The van der Waals surface area contributed by atoms with Crippen LogP contribution in [0.2, 0.25) is 0 Å². The summed E-state index contributed by atoms with van der Waals surface area (Å²) in [4.78, 5) is 12.0. The Balaban J connectivity index is 2.31. The minimum absolute atomic E-state index is 0.311. The Labute approximate surface area is 114 Å². The zero-order valence-corrected chi connectivity index (χ0v) is 11.7. The number of allylic oxidation sites excluding steroid dienone is 1. The average molecular weight is 260 g/mol. The van der Waals surface area contributed by atoms with E-state index in [-0.39, 0.29) is 5.97 Å². The number of hydrogen-bond donors (Lipinski definition) is 0. The van der Waals surface area contributed by atoms with Crippen molar-refractivity contribution in [1.82, 2.24) is 0 Å². The number of hydrogen-bond acceptors (Lipinski definition) is 3. The van der Waals surface area contributed by atoms with Crippen molar-refractivity contribution in [3.05, 3.63) is 35.9 Å². The molecule has 3 heteroatoms. The molecule has 0 N–H and O–H groups in total. The highest BCUT2D eigenvalue weighted by molar-refractivity contribution is 5.95. The summed E-state index contributed by atoms with van der Waals surface area (Å²) >= 11 is 0. The van der Waals surface area contributed by atoms with Gasteiger partial charge in [-0.3, -0.25) is 0 Å². The molecule has 1 aliphatic heterocycles. The second-order valence-electron chi connectivity index (χ2n) is 5.04. The lowest BCUT2D eigenvalue weighted by Gasteiger charge is -2.11. The van der Waals surface area contributed by atoms with Crippen molar-refractivity contribution in [3.8, 4) is 5.75 Å². The van der Waals surface area contributed by atoms with E-state index in [0.29, 0.717) is 12.5 Å². The van der Waals surface area contributed by atoms with E-state index in [1.165, 1.54) is 0 Å². The van der Waals surface area contributed by atoms with Crippen LogP contribution in [0.15, 0.2) is 30.3 Å². The fraction of sp³-hybridized carbons (Fsp3) is 0.438. The van der Waals surface area contributed by atoms with Crippen molar-refractivity contribution in [2.75, 3.05) is 6.61 Å². The number of benzene rings is 1. The maximum Gasteiger partial charge on any atom is 0.352 e. The predicted octanol–water partition coefficient (Wildman–Crippen LogP) is 3.44. The first-order valence-corrected chi connectivity index (χ1v) is 6.76. The van der Waals surface area contributed by atoms with E-state index >= 15 is 0 Å². The van der Waals surface area contributed by atoms with Gasteiger partial charge in [-0.25, -0.2) is 4.79 Å². The number of para-hydroxylation sites is 1. The van der Waals surface area contributed by atoms with Crippen LogP contribution in [-0.4, -0.2) is 18.7 Å². The molecule has 1 aromatic carbocycles. The number of ether oxygens (including phenoxy) is 2. The number of carbonyl (C=O) groups is 1. The Morgan fingerprint density at radius 3 is 2.84 bits per heavy atom. The third-order valence-electron chi connectivity index (χ3n) is 3.04. The van der Waals surface area contributed by atoms with Crippen molar-refractivity contribution < 1.29 is 14.3 Å². The summed E-state index contributed by atoms with van der Waals surface area (Å²) in [6.45, 7) is 6.47. The largest absolute Gasteiger partial charge is 0.473 e. The first-order valence-electron chi connectivity index (χ1n) is 6.76. The third-order valence-corrected chi connectivity index (χ3v) is 3.04. The van der Waals surface area contributed by atoms with Crippen LogP contribution in [0.1, 0.15) is 32.8 Å². The molecule has 1 atom stereocenters. The Hall–Kier alpha value is -1.77. The van der Waals surface area contributed by atoms with E-state index in [9.17, 15) is 4.79 Å². The highest BCUT2D eigenvalue weighted by Gasteiger charge is 2.34. The molecule has 0 amide bonds. The summed E-state index contributed by atoms with van der Waals surface area (Å²) in [6, 6.07) is 7.74. The number of carbonyl (C=O) groups excluding carboxylic acids is 1. The molecule has 1 unspecified atom stereocenters. The lowest BCUT2D eigenvalue weighted by molar-refractivity contribution is -0.148. The Bertz CT molecular complexity index is 489. The fourth-order valence-electron chi connectivity index (χ4n) is 2.11. The van der Waals surface area contributed by atoms with E-state index in [1.54, 1.807) is 6.92 Å². The van der Waals surface area contributed by atoms with Crippen LogP contribution in [0.4, 0.5) is 0 Å². The van der Waals surface area contributed by atoms with Gasteiger partial charge in [0, 0.05) is 11.1 Å². The van der Waals surface area contributed by atoms with Crippen molar-refractivity contribution in [1.29, 1.82) is 0 Å². The summed E-state index contributed by atoms with van der Waals surface area (Å²) < 4.78 is 10.8. The molecule has 2 rings (SSSR count). The van der Waals surface area contributed by atoms with Crippen molar-refractivity contribution in [2.45, 2.75) is 33.3 Å². The van der Waals surface area contributed by atoms with Gasteiger partial charge in [0.2, 0.25) is 6.10 Å². The van der Waals surface area contributed by atoms with Crippen LogP contribution in [0, 0.1) is 5.92 Å². The highest BCUT2D eigenvalue weighted by Crippen LogP contribution is 2.38. The molecule has 102 valence electrons. The average Bonchev–Trinajstić information content (AvgIpc) is 2.75. The molecule has 19 heavy (non-hydrogen) atoms. The van der Waals surface area contributed by atoms with Gasteiger partial charge in [0.1, 0.15) is 5.75 Å². The fourth-order valence-corrected chi connectivity index (χ4v) is 2.11. The molecule has 1 aromatic rings. The van der Waals surface area contributed by atoms with E-state index < -0.39 is 6.10 Å². The summed E-state index contributed by atoms with van der Waals surface area (Å²) in [5.74, 6) is 0.993. The van der Waals surface area contributed by atoms with Gasteiger partial charge < -0.3 is 9.47 Å². The zero-order chi connectivity index (χ0) is 13.8. The summed E-state index contributed by atoms with van der Waals surface area (Å²) in [5, 5.41) is 0. The van der Waals surface area contributed by atoms with Gasteiger partial charge in [0.05, 0.1) is 6.61 Å². The highest BCUT2D eigenvalue weighted by atomic mass is 16.6. The van der Waals surface area contributed by atoms with Crippen LogP contribution >= 0.6 is 0 Å². The molecule has 0 spiro atoms. The predicted molar refractivity (Wildman–Crippen MR) is 74.9 cm³/mol. The summed E-state index contributed by atoms with van der Waals surface area (Å²) in [6.07, 6.45) is 2.40. The van der Waals surface area contributed by atoms with Gasteiger partial charge >= 0.3 is 5.97 Å². The van der Waals surface area contributed by atoms with Crippen LogP contribution in [0.3, 0.4) is 0 Å². The third kappa shape index (κ3) is 2.98. The molecule has 0 bridgehead atoms. The molecule has 0 saturated heterocycles. The van der Waals surface area contributed by atoms with Gasteiger partial charge in [0.15, 0.2) is 0 Å². The number of fused-ring (bicyclic) bond motifs is 1. The molecular formula is C16H20O3. The topological polar surface area (TPSA) is 35.5 Å². The molecule has 1 heterocycles. The van der Waals surface area contributed by atoms with Gasteiger partial charge in [-0.15, -0.1) is 0 Å². The standard InChI is InChI=1S/C16H20O3/c1-4-18-16(17)15-13(10-9-11(2)3)12-7-5-6-8-14(12)19-15/h5-8,10-11,15H,4,9H2,1-3H3/b13-10+. The molecule has 0 aliphatic carbocycles. The maximum absolute atomic E-state index is 12.0. The Kier molecular flexibility index (Phi) is 4.25. The van der Waals surface area contributed by atoms with E-state index in [0.717, 1.165) is 23.3 Å². The van der Waals surface area contributed by atoms with Crippen LogP contribution in [0.5, 0.6) is 5.75 Å². The molecular weight excluding hydrogens is 240 g/mol. The van der Waals surface area contributed by atoms with E-state index in [1.807, 2.05) is 24.3 Å². The molecule has 3 nitrogen and oxygen atoms in total. The van der Waals surface area contributed by atoms with E-state index in [4.69, 9.17) is 9.47 Å². The van der Waals surface area contributed by atoms with Crippen LogP contribution in [0.25, 0.3) is 5.57 Å². The lowest BCUT2D eigenvalue weighted by Crippen LogP contribution is -2.26. The maximum atomic E-state index is 12.0. The molecule has 0 saturated carbocycles. The molecule has 0 radical (unpaired) electrons. The second-order valence-corrected chi connectivity index (χ2v) is 5.04. The first kappa shape index (κ1) is 13.7. The van der Waals surface area contributed by atoms with Crippen LogP contribution in [-0.2, 0) is 9.53 Å². The van der Waals surface area contributed by atoms with Gasteiger partial charge in [-0.1, -0.05) is 38.1 Å². The Morgan fingerprint density at radius 1 is 1.42 bits per heavy atom. The smallest absolute Gasteiger partial charge is 0.352 e. The first-order chi connectivity index (χ1) is 9.13. The monoisotopic (exact) mass is 260 g/mol. The number of esters is 1. The minimum atomic E-state index is -0.615. The van der Waals surface area contributed by atoms with Crippen molar-refractivity contribution in [3.63, 3.8) is 0 Å². The summed E-state index contributed by atoms with van der Waals surface area (Å²) in [5.41, 5.74) is 1.93. The normalized spacial score (nSPS) is 19.4. The number of rotatable bonds is 4. The van der Waals surface area contributed by atoms with Gasteiger partial charge in [0.25, 0.3) is 0 Å². The van der Waals surface area contributed by atoms with Gasteiger partial charge in [-0.05, 0) is 25.3 Å². The van der Waals surface area contributed by atoms with E-state index in [2.05, 4.69) is 19.9 Å². The molecule has 0 aromatic heterocycles. The molecule has 1 aliphatic rings. The van der Waals surface area contributed by atoms with Gasteiger partial charge in [-0.2, -0.15) is 0 Å². The second kappa shape index (κ2) is 5.91. The minimum Gasteiger partial charge on any atom is -0.473 e. The van der Waals surface area contributed by atoms with Crippen molar-refractivity contribution in [2.24, 2.45) is 5.92 Å². The Morgan fingerprint density at radius 2 is 2.16 bits per heavy atom. The SMILES string of the molecule is CCOC(=O)C1Oc2ccccc2/C1=C\CC(C)C. The quantitative estimate of drug-likeness (QED) is 0.778. The van der Waals surface area contributed by atoms with Crippen LogP contribution < -0.4 is 4.74 Å². The lowest BCUT2D eigenvalue weighted by atomic mass is 9.99. The molecule has 0 fully saturated rings. The summed E-state index contributed by atoms with van der Waals surface area (Å²) in [7, 11) is 0. The zero-order valence-electron chi connectivity index (χ0n) is 11.7. The van der Waals surface area contributed by atoms with Crippen molar-refractivity contribution >= 4 is 11.5 Å².